The molecule has 4 heteroatoms. The van der Waals surface area contributed by atoms with Crippen molar-refractivity contribution in [3.05, 3.63) is 34.9 Å². The van der Waals surface area contributed by atoms with Gasteiger partial charge in [-0.3, -0.25) is 0 Å². The van der Waals surface area contributed by atoms with E-state index < -0.39 is 23.1 Å². The molecule has 2 bridgehead atoms. The van der Waals surface area contributed by atoms with Crippen LogP contribution in [0.25, 0.3) is 6.08 Å². The van der Waals surface area contributed by atoms with Crippen LogP contribution in [0, 0.1) is 30.1 Å². The van der Waals surface area contributed by atoms with E-state index in [4.69, 9.17) is 9.47 Å². The van der Waals surface area contributed by atoms with Crippen LogP contribution in [-0.2, 0) is 15.1 Å². The van der Waals surface area contributed by atoms with E-state index in [-0.39, 0.29) is 17.3 Å². The number of rotatable bonds is 0. The smallest absolute Gasteiger partial charge is 0.199 e. The molecule has 2 heterocycles. The molecule has 0 radical (unpaired) electrons. The number of phenolic OH excluding ortho intramolecular Hbond substituents is 1. The first-order valence-electron chi connectivity index (χ1n) is 10.6. The highest BCUT2D eigenvalue weighted by Crippen LogP contribution is 2.71. The second-order valence-electron chi connectivity index (χ2n) is 10.3. The Labute approximate surface area is 167 Å². The first-order chi connectivity index (χ1) is 13.0. The first-order valence-corrected chi connectivity index (χ1v) is 10.6. The fourth-order valence-electron chi connectivity index (χ4n) is 6.82. The monoisotopic (exact) mass is 384 g/mol. The van der Waals surface area contributed by atoms with Crippen molar-refractivity contribution in [1.82, 2.24) is 0 Å². The van der Waals surface area contributed by atoms with Crippen molar-refractivity contribution < 1.29 is 19.7 Å². The van der Waals surface area contributed by atoms with Gasteiger partial charge in [0.25, 0.3) is 0 Å². The molecule has 1 spiro atoms. The minimum absolute atomic E-state index is 0.0183. The SMILES string of the molecule is Cc1c(O)ccc2c1C=C[C@@]1(C)[C@@H]3CCC21O[C@@]1(OC(C)(C)[C@@H](C)[C@H]1O)[C@H]3C. The van der Waals surface area contributed by atoms with Gasteiger partial charge in [0.05, 0.1) is 5.60 Å². The van der Waals surface area contributed by atoms with Crippen LogP contribution >= 0.6 is 0 Å². The van der Waals surface area contributed by atoms with Crippen molar-refractivity contribution in [2.45, 2.75) is 77.5 Å². The lowest BCUT2D eigenvalue weighted by atomic mass is 9.57. The average Bonchev–Trinajstić information content (AvgIpc) is 2.96. The van der Waals surface area contributed by atoms with Crippen LogP contribution in [0.4, 0.5) is 0 Å². The number of ether oxygens (including phenoxy) is 2. The molecule has 1 aromatic rings. The number of fused-ring (bicyclic) bond motifs is 1. The molecule has 2 N–H and O–H groups in total. The highest BCUT2D eigenvalue weighted by molar-refractivity contribution is 5.67. The lowest BCUT2D eigenvalue weighted by molar-refractivity contribution is -0.382. The van der Waals surface area contributed by atoms with Crippen LogP contribution in [-0.4, -0.2) is 27.7 Å². The Bertz CT molecular complexity index is 889. The molecule has 28 heavy (non-hydrogen) atoms. The van der Waals surface area contributed by atoms with E-state index in [2.05, 4.69) is 46.8 Å². The summed E-state index contributed by atoms with van der Waals surface area (Å²) in [6.45, 7) is 12.6. The fourth-order valence-corrected chi connectivity index (χ4v) is 6.82. The maximum Gasteiger partial charge on any atom is 0.199 e. The number of hydrogen-bond donors (Lipinski definition) is 2. The summed E-state index contributed by atoms with van der Waals surface area (Å²) in [5.41, 5.74) is 1.89. The van der Waals surface area contributed by atoms with Crippen molar-refractivity contribution in [2.75, 3.05) is 0 Å². The fraction of sp³-hybridized carbons (Fsp3) is 0.667. The van der Waals surface area contributed by atoms with E-state index in [0.29, 0.717) is 11.7 Å². The number of aliphatic hydroxyl groups is 1. The van der Waals surface area contributed by atoms with Gasteiger partial charge in [-0.25, -0.2) is 0 Å². The highest BCUT2D eigenvalue weighted by Gasteiger charge is 2.74. The van der Waals surface area contributed by atoms with E-state index >= 15 is 0 Å². The molecule has 152 valence electrons. The molecule has 1 aromatic carbocycles. The van der Waals surface area contributed by atoms with E-state index in [1.54, 1.807) is 6.07 Å². The van der Waals surface area contributed by atoms with Gasteiger partial charge in [-0.2, -0.15) is 0 Å². The molecular weight excluding hydrogens is 352 g/mol. The van der Waals surface area contributed by atoms with Crippen LogP contribution in [0.2, 0.25) is 0 Å². The predicted molar refractivity (Wildman–Crippen MR) is 108 cm³/mol. The number of phenols is 1. The summed E-state index contributed by atoms with van der Waals surface area (Å²) < 4.78 is 13.7. The molecule has 3 fully saturated rings. The number of aromatic hydroxyl groups is 1. The Morgan fingerprint density at radius 3 is 2.43 bits per heavy atom. The molecular formula is C24H32O4. The van der Waals surface area contributed by atoms with Gasteiger partial charge in [-0.05, 0) is 62.3 Å². The zero-order chi connectivity index (χ0) is 20.3. The van der Waals surface area contributed by atoms with Crippen molar-refractivity contribution in [1.29, 1.82) is 0 Å². The van der Waals surface area contributed by atoms with E-state index in [1.807, 2.05) is 13.0 Å². The van der Waals surface area contributed by atoms with Crippen molar-refractivity contribution in [3.63, 3.8) is 0 Å². The van der Waals surface area contributed by atoms with Gasteiger partial charge in [0.1, 0.15) is 17.5 Å². The molecule has 1 saturated carbocycles. The number of aliphatic hydroxyl groups excluding tert-OH is 1. The molecule has 5 rings (SSSR count). The van der Waals surface area contributed by atoms with Crippen LogP contribution in [0.15, 0.2) is 18.2 Å². The lowest BCUT2D eigenvalue weighted by Crippen LogP contribution is -2.64. The van der Waals surface area contributed by atoms with Gasteiger partial charge < -0.3 is 19.7 Å². The predicted octanol–water partition coefficient (Wildman–Crippen LogP) is 4.51. The Balaban J connectivity index is 1.74. The summed E-state index contributed by atoms with van der Waals surface area (Å²) >= 11 is 0. The molecule has 7 atom stereocenters. The third kappa shape index (κ3) is 1.83. The zero-order valence-corrected chi connectivity index (χ0v) is 17.7. The molecule has 4 nitrogen and oxygen atoms in total. The first kappa shape index (κ1) is 18.7. The standard InChI is InChI=1S/C24H32O4/c1-13-16-9-11-22(6)17-10-12-23(22,18(16)7-8-19(13)25)28-24(14(17)2)20(26)15(3)21(4,5)27-24/h7-9,11,14-15,17,20,25-26H,10,12H2,1-6H3/t14-,15-,17+,20+,22-,23?,24-/m0/s1. The molecule has 4 aliphatic rings. The van der Waals surface area contributed by atoms with Gasteiger partial charge in [-0.1, -0.05) is 39.0 Å². The van der Waals surface area contributed by atoms with Crippen molar-refractivity contribution in [3.8, 4) is 5.75 Å². The zero-order valence-electron chi connectivity index (χ0n) is 17.7. The summed E-state index contributed by atoms with van der Waals surface area (Å²) in [5.74, 6) is -0.274. The Morgan fingerprint density at radius 2 is 1.79 bits per heavy atom. The van der Waals surface area contributed by atoms with Gasteiger partial charge in [-0.15, -0.1) is 0 Å². The molecule has 0 amide bonds. The summed E-state index contributed by atoms with van der Waals surface area (Å²) in [6, 6.07) is 3.80. The van der Waals surface area contributed by atoms with Crippen LogP contribution in [0.5, 0.6) is 5.75 Å². The summed E-state index contributed by atoms with van der Waals surface area (Å²) in [6.07, 6.45) is 5.71. The third-order valence-corrected chi connectivity index (χ3v) is 8.94. The third-order valence-electron chi connectivity index (χ3n) is 8.94. The van der Waals surface area contributed by atoms with Gasteiger partial charge >= 0.3 is 0 Å². The Hall–Kier alpha value is -1.36. The molecule has 2 aliphatic carbocycles. The second-order valence-corrected chi connectivity index (χ2v) is 10.3. The van der Waals surface area contributed by atoms with Crippen molar-refractivity contribution >= 4 is 6.08 Å². The normalized spacial score (nSPS) is 48.0. The summed E-state index contributed by atoms with van der Waals surface area (Å²) in [5, 5.41) is 21.6. The molecule has 2 aliphatic heterocycles. The number of benzene rings is 1. The molecule has 0 aromatic heterocycles. The average molecular weight is 385 g/mol. The number of hydrogen-bond acceptors (Lipinski definition) is 4. The molecule has 1 unspecified atom stereocenters. The topological polar surface area (TPSA) is 58.9 Å². The van der Waals surface area contributed by atoms with E-state index in [9.17, 15) is 10.2 Å². The summed E-state index contributed by atoms with van der Waals surface area (Å²) in [4.78, 5) is 0. The maximum absolute atomic E-state index is 11.4. The van der Waals surface area contributed by atoms with Gasteiger partial charge in [0.15, 0.2) is 5.79 Å². The van der Waals surface area contributed by atoms with E-state index in [1.165, 1.54) is 0 Å². The lowest BCUT2D eigenvalue weighted by Gasteiger charge is -2.59. The minimum atomic E-state index is -1.00. The van der Waals surface area contributed by atoms with Crippen LogP contribution in [0.3, 0.4) is 0 Å². The maximum atomic E-state index is 11.4. The van der Waals surface area contributed by atoms with Gasteiger partial charge in [0, 0.05) is 17.3 Å². The van der Waals surface area contributed by atoms with E-state index in [0.717, 1.165) is 29.5 Å². The Kier molecular flexibility index (Phi) is 3.47. The van der Waals surface area contributed by atoms with Crippen molar-refractivity contribution in [2.24, 2.45) is 23.2 Å². The highest BCUT2D eigenvalue weighted by atomic mass is 16.7. The largest absolute Gasteiger partial charge is 0.508 e. The quantitative estimate of drug-likeness (QED) is 0.691. The minimum Gasteiger partial charge on any atom is -0.508 e. The summed E-state index contributed by atoms with van der Waals surface area (Å²) in [7, 11) is 0. The van der Waals surface area contributed by atoms with Crippen LogP contribution < -0.4 is 0 Å². The van der Waals surface area contributed by atoms with Gasteiger partial charge in [0.2, 0.25) is 0 Å². The second kappa shape index (κ2) is 5.21. The molecule has 2 saturated heterocycles. The Morgan fingerprint density at radius 1 is 1.07 bits per heavy atom. The van der Waals surface area contributed by atoms with Crippen LogP contribution in [0.1, 0.15) is 64.2 Å².